The Morgan fingerprint density at radius 2 is 1.90 bits per heavy atom. The Morgan fingerprint density at radius 3 is 2.45 bits per heavy atom. The van der Waals surface area contributed by atoms with Gasteiger partial charge in [-0.1, -0.05) is 23.2 Å². The number of hydrogen-bond acceptors (Lipinski definition) is 2. The number of Topliss-reactive ketones (excluding diaryl/α,β-unsaturated/α-hetero) is 1. The predicted molar refractivity (Wildman–Crippen MR) is 80.5 cm³/mol. The summed E-state index contributed by atoms with van der Waals surface area (Å²) < 4.78 is 1.93. The zero-order valence-corrected chi connectivity index (χ0v) is 13.3. The quantitative estimate of drug-likeness (QED) is 0.636. The SMILES string of the molecule is CC(=O)c1cc(C(=O)O)n(-c2ccc(Br)c(Cl)c2Cl)c1. The van der Waals surface area contributed by atoms with Crippen molar-refractivity contribution in [3.05, 3.63) is 50.2 Å². The lowest BCUT2D eigenvalue weighted by molar-refractivity contribution is 0.0688. The molecule has 0 fully saturated rings. The number of ketones is 1. The molecule has 104 valence electrons. The summed E-state index contributed by atoms with van der Waals surface area (Å²) >= 11 is 15.4. The summed E-state index contributed by atoms with van der Waals surface area (Å²) in [6.45, 7) is 1.36. The summed E-state index contributed by atoms with van der Waals surface area (Å²) in [6, 6.07) is 4.58. The van der Waals surface area contributed by atoms with Crippen molar-refractivity contribution in [1.82, 2.24) is 4.57 Å². The van der Waals surface area contributed by atoms with E-state index in [1.807, 2.05) is 0 Å². The topological polar surface area (TPSA) is 59.3 Å². The second-order valence-electron chi connectivity index (χ2n) is 4.04. The highest BCUT2D eigenvalue weighted by atomic mass is 79.9. The highest BCUT2D eigenvalue weighted by Crippen LogP contribution is 2.35. The number of benzene rings is 1. The minimum absolute atomic E-state index is 0.0597. The maximum atomic E-state index is 11.4. The Kier molecular flexibility index (Phi) is 4.22. The maximum Gasteiger partial charge on any atom is 0.352 e. The summed E-state index contributed by atoms with van der Waals surface area (Å²) in [5.74, 6) is -1.39. The minimum Gasteiger partial charge on any atom is -0.477 e. The van der Waals surface area contributed by atoms with Gasteiger partial charge in [0, 0.05) is 16.2 Å². The smallest absolute Gasteiger partial charge is 0.352 e. The molecular formula is C13H8BrCl2NO3. The number of carbonyl (C=O) groups is 2. The van der Waals surface area contributed by atoms with Crippen LogP contribution in [0, 0.1) is 0 Å². The number of halogens is 3. The standard InChI is InChI=1S/C13H8BrCl2NO3/c1-6(18)7-4-10(13(19)20)17(5-7)9-3-2-8(14)11(15)12(9)16/h2-5H,1H3,(H,19,20). The van der Waals surface area contributed by atoms with Crippen LogP contribution in [0.2, 0.25) is 10.0 Å². The Bertz CT molecular complexity index is 725. The first-order chi connectivity index (χ1) is 9.32. The molecule has 2 rings (SSSR count). The maximum absolute atomic E-state index is 11.4. The normalized spacial score (nSPS) is 10.6. The molecule has 0 aliphatic carbocycles. The van der Waals surface area contributed by atoms with Crippen LogP contribution >= 0.6 is 39.1 Å². The summed E-state index contributed by atoms with van der Waals surface area (Å²) in [5.41, 5.74) is 0.623. The molecule has 7 heteroatoms. The third-order valence-electron chi connectivity index (χ3n) is 2.72. The summed E-state index contributed by atoms with van der Waals surface area (Å²) in [7, 11) is 0. The number of carboxylic acids is 1. The van der Waals surface area contributed by atoms with Crippen LogP contribution in [0.5, 0.6) is 0 Å². The van der Waals surface area contributed by atoms with Crippen LogP contribution in [-0.2, 0) is 0 Å². The van der Waals surface area contributed by atoms with Gasteiger partial charge in [-0.3, -0.25) is 4.79 Å². The number of rotatable bonds is 3. The highest BCUT2D eigenvalue weighted by molar-refractivity contribution is 9.10. The first kappa shape index (κ1) is 15.1. The fourth-order valence-corrected chi connectivity index (χ4v) is 2.58. The molecule has 1 N–H and O–H groups in total. The number of aromatic nitrogens is 1. The van der Waals surface area contributed by atoms with Crippen molar-refractivity contribution >= 4 is 50.9 Å². The van der Waals surface area contributed by atoms with E-state index in [0.717, 1.165) is 0 Å². The van der Waals surface area contributed by atoms with Crippen molar-refractivity contribution in [2.45, 2.75) is 6.92 Å². The van der Waals surface area contributed by atoms with Gasteiger partial charge in [-0.15, -0.1) is 0 Å². The third kappa shape index (κ3) is 2.61. The van der Waals surface area contributed by atoms with Gasteiger partial charge < -0.3 is 9.67 Å². The lowest BCUT2D eigenvalue weighted by Gasteiger charge is -2.10. The molecule has 20 heavy (non-hydrogen) atoms. The molecule has 0 saturated carbocycles. The fraction of sp³-hybridized carbons (Fsp3) is 0.0769. The van der Waals surface area contributed by atoms with E-state index in [9.17, 15) is 14.7 Å². The van der Waals surface area contributed by atoms with Gasteiger partial charge in [0.15, 0.2) is 5.78 Å². The predicted octanol–water partition coefficient (Wildman–Crippen LogP) is 4.45. The van der Waals surface area contributed by atoms with Crippen molar-refractivity contribution in [3.8, 4) is 5.69 Å². The van der Waals surface area contributed by atoms with Crippen molar-refractivity contribution < 1.29 is 14.7 Å². The zero-order chi connectivity index (χ0) is 15.0. The van der Waals surface area contributed by atoms with Crippen molar-refractivity contribution in [2.75, 3.05) is 0 Å². The molecule has 1 aromatic carbocycles. The van der Waals surface area contributed by atoms with Gasteiger partial charge >= 0.3 is 5.97 Å². The van der Waals surface area contributed by atoms with Crippen molar-refractivity contribution in [2.24, 2.45) is 0 Å². The van der Waals surface area contributed by atoms with Crippen LogP contribution in [-0.4, -0.2) is 21.4 Å². The molecule has 0 unspecified atom stereocenters. The van der Waals surface area contributed by atoms with E-state index in [-0.39, 0.29) is 27.1 Å². The molecule has 0 radical (unpaired) electrons. The van der Waals surface area contributed by atoms with E-state index in [0.29, 0.717) is 10.2 Å². The highest BCUT2D eigenvalue weighted by Gasteiger charge is 2.19. The van der Waals surface area contributed by atoms with Crippen LogP contribution in [0.15, 0.2) is 28.9 Å². The number of hydrogen-bond donors (Lipinski definition) is 1. The Labute approximate surface area is 133 Å². The molecule has 0 aliphatic rings. The first-order valence-corrected chi connectivity index (χ1v) is 6.98. The number of nitrogens with zero attached hydrogens (tertiary/aromatic N) is 1. The van der Waals surface area contributed by atoms with E-state index in [1.54, 1.807) is 12.1 Å². The van der Waals surface area contributed by atoms with E-state index in [2.05, 4.69) is 15.9 Å². The van der Waals surface area contributed by atoms with Crippen LogP contribution in [0.25, 0.3) is 5.69 Å². The second kappa shape index (κ2) is 5.60. The van der Waals surface area contributed by atoms with Crippen molar-refractivity contribution in [3.63, 3.8) is 0 Å². The van der Waals surface area contributed by atoms with Crippen LogP contribution in [0.1, 0.15) is 27.8 Å². The minimum atomic E-state index is -1.16. The van der Waals surface area contributed by atoms with E-state index >= 15 is 0 Å². The molecule has 0 bridgehead atoms. The second-order valence-corrected chi connectivity index (χ2v) is 5.65. The van der Waals surface area contributed by atoms with Gasteiger partial charge in [0.2, 0.25) is 0 Å². The third-order valence-corrected chi connectivity index (χ3v) is 4.48. The molecule has 2 aromatic rings. The summed E-state index contributed by atoms with van der Waals surface area (Å²) in [5, 5.41) is 9.70. The fourth-order valence-electron chi connectivity index (χ4n) is 1.72. The summed E-state index contributed by atoms with van der Waals surface area (Å²) in [4.78, 5) is 22.7. The molecular weight excluding hydrogens is 369 g/mol. The molecule has 0 atom stereocenters. The Morgan fingerprint density at radius 1 is 1.25 bits per heavy atom. The zero-order valence-electron chi connectivity index (χ0n) is 10.2. The Hall–Kier alpha value is -1.30. The van der Waals surface area contributed by atoms with Gasteiger partial charge in [-0.2, -0.15) is 0 Å². The van der Waals surface area contributed by atoms with Gasteiger partial charge in [0.1, 0.15) is 5.69 Å². The summed E-state index contributed by atoms with van der Waals surface area (Å²) in [6.07, 6.45) is 1.43. The molecule has 0 saturated heterocycles. The van der Waals surface area contributed by atoms with Gasteiger partial charge in [0.05, 0.1) is 15.7 Å². The van der Waals surface area contributed by atoms with Gasteiger partial charge in [-0.05, 0) is 41.1 Å². The van der Waals surface area contributed by atoms with Gasteiger partial charge in [0.25, 0.3) is 0 Å². The van der Waals surface area contributed by atoms with Crippen LogP contribution < -0.4 is 0 Å². The number of carboxylic acid groups (broad SMARTS) is 1. The average Bonchev–Trinajstić information content (AvgIpc) is 2.81. The Balaban J connectivity index is 2.72. The number of carbonyl (C=O) groups excluding carboxylic acids is 1. The first-order valence-electron chi connectivity index (χ1n) is 5.43. The van der Waals surface area contributed by atoms with Gasteiger partial charge in [-0.25, -0.2) is 4.79 Å². The van der Waals surface area contributed by atoms with Crippen LogP contribution in [0.4, 0.5) is 0 Å². The van der Waals surface area contributed by atoms with Crippen molar-refractivity contribution in [1.29, 1.82) is 0 Å². The molecule has 0 aliphatic heterocycles. The van der Waals surface area contributed by atoms with Crippen LogP contribution in [0.3, 0.4) is 0 Å². The molecule has 1 heterocycles. The lowest BCUT2D eigenvalue weighted by atomic mass is 10.2. The molecule has 1 aromatic heterocycles. The largest absolute Gasteiger partial charge is 0.477 e. The number of aromatic carboxylic acids is 1. The van der Waals surface area contributed by atoms with E-state index in [1.165, 1.54) is 23.8 Å². The monoisotopic (exact) mass is 375 g/mol. The molecule has 0 amide bonds. The average molecular weight is 377 g/mol. The lowest BCUT2D eigenvalue weighted by Crippen LogP contribution is -2.06. The molecule has 0 spiro atoms. The van der Waals surface area contributed by atoms with E-state index < -0.39 is 5.97 Å². The molecule has 4 nitrogen and oxygen atoms in total. The van der Waals surface area contributed by atoms with E-state index in [4.69, 9.17) is 23.2 Å².